The fourth-order valence-electron chi connectivity index (χ4n) is 3.68. The van der Waals surface area contributed by atoms with E-state index in [1.807, 2.05) is 18.2 Å². The number of hydrogen-bond acceptors (Lipinski definition) is 5. The first-order chi connectivity index (χ1) is 13.3. The number of nitrogens with one attached hydrogen (secondary N) is 1. The number of rotatable bonds is 8. The minimum atomic E-state index is -0.790. The van der Waals surface area contributed by atoms with Gasteiger partial charge in [-0.25, -0.2) is 0 Å². The number of ether oxygens (including phenoxy) is 3. The van der Waals surface area contributed by atoms with Crippen molar-refractivity contribution < 1.29 is 23.8 Å². The number of methoxy groups -OCH3 is 2. The first-order valence-electron chi connectivity index (χ1n) is 10.1. The van der Waals surface area contributed by atoms with E-state index in [9.17, 15) is 9.59 Å². The highest BCUT2D eigenvalue weighted by atomic mass is 16.5. The zero-order chi connectivity index (χ0) is 20.7. The molecule has 6 nitrogen and oxygen atoms in total. The van der Waals surface area contributed by atoms with E-state index in [0.29, 0.717) is 29.8 Å². The van der Waals surface area contributed by atoms with Gasteiger partial charge in [-0.05, 0) is 49.3 Å². The van der Waals surface area contributed by atoms with E-state index in [1.165, 1.54) is 6.42 Å². The summed E-state index contributed by atoms with van der Waals surface area (Å²) in [5.74, 6) is 1.69. The normalized spacial score (nSPS) is 22.8. The number of carbonyl (C=O) groups excluding carboxylic acids is 2. The molecule has 1 N–H and O–H groups in total. The third-order valence-electron chi connectivity index (χ3n) is 5.78. The number of hydrogen-bond donors (Lipinski definition) is 1. The fraction of sp³-hybridized carbons (Fsp3) is 0.636. The molecule has 0 heterocycles. The number of carbonyl (C=O) groups is 2. The van der Waals surface area contributed by atoms with Crippen molar-refractivity contribution in [3.63, 3.8) is 0 Å². The lowest BCUT2D eigenvalue weighted by Crippen LogP contribution is -2.47. The average molecular weight is 392 g/mol. The summed E-state index contributed by atoms with van der Waals surface area (Å²) in [5.41, 5.74) is 0.941. The van der Waals surface area contributed by atoms with Crippen LogP contribution in [0.2, 0.25) is 0 Å². The van der Waals surface area contributed by atoms with Gasteiger partial charge in [0, 0.05) is 12.5 Å². The lowest BCUT2D eigenvalue weighted by atomic mass is 9.78. The van der Waals surface area contributed by atoms with Gasteiger partial charge in [0.15, 0.2) is 17.6 Å². The second kappa shape index (κ2) is 10.3. The third kappa shape index (κ3) is 5.88. The molecule has 1 aromatic rings. The van der Waals surface area contributed by atoms with Crippen LogP contribution in [-0.2, 0) is 20.7 Å². The lowest BCUT2D eigenvalue weighted by molar-refractivity contribution is -0.155. The first-order valence-corrected chi connectivity index (χ1v) is 10.1. The summed E-state index contributed by atoms with van der Waals surface area (Å²) in [7, 11) is 3.15. The van der Waals surface area contributed by atoms with Gasteiger partial charge in [0.05, 0.1) is 14.2 Å². The van der Waals surface area contributed by atoms with E-state index in [1.54, 1.807) is 21.1 Å². The molecule has 156 valence electrons. The van der Waals surface area contributed by atoms with Crippen molar-refractivity contribution in [1.29, 1.82) is 0 Å². The number of benzene rings is 1. The highest BCUT2D eigenvalue weighted by Crippen LogP contribution is 2.30. The van der Waals surface area contributed by atoms with Gasteiger partial charge in [-0.15, -0.1) is 0 Å². The average Bonchev–Trinajstić information content (AvgIpc) is 2.69. The molecule has 28 heavy (non-hydrogen) atoms. The van der Waals surface area contributed by atoms with Gasteiger partial charge < -0.3 is 19.5 Å². The van der Waals surface area contributed by atoms with E-state index >= 15 is 0 Å². The van der Waals surface area contributed by atoms with E-state index < -0.39 is 6.10 Å². The van der Waals surface area contributed by atoms with Crippen LogP contribution in [0.25, 0.3) is 0 Å². The minimum absolute atomic E-state index is 0.157. The third-order valence-corrected chi connectivity index (χ3v) is 5.78. The molecule has 1 aliphatic carbocycles. The predicted molar refractivity (Wildman–Crippen MR) is 108 cm³/mol. The standard InChI is InChI=1S/C22H33NO5/c1-14-7-6-8-18(15(14)2)23-22(25)16(3)28-21(24)12-10-17-9-11-19(26-4)20(13-17)27-5/h9,11,13-16,18H,6-8,10,12H2,1-5H3,(H,23,25). The Hall–Kier alpha value is -2.24. The highest BCUT2D eigenvalue weighted by Gasteiger charge is 2.30. The predicted octanol–water partition coefficient (Wildman–Crippen LogP) is 3.51. The van der Waals surface area contributed by atoms with Crippen LogP contribution in [0.1, 0.15) is 52.0 Å². The zero-order valence-electron chi connectivity index (χ0n) is 17.6. The maximum Gasteiger partial charge on any atom is 0.306 e. The lowest BCUT2D eigenvalue weighted by Gasteiger charge is -2.35. The maximum absolute atomic E-state index is 12.4. The van der Waals surface area contributed by atoms with Crippen LogP contribution in [0.5, 0.6) is 11.5 Å². The van der Waals surface area contributed by atoms with Crippen molar-refractivity contribution in [3.05, 3.63) is 23.8 Å². The Labute approximate surface area is 167 Å². The molecule has 0 bridgehead atoms. The van der Waals surface area contributed by atoms with Crippen LogP contribution in [0.4, 0.5) is 0 Å². The molecule has 4 unspecified atom stereocenters. The zero-order valence-corrected chi connectivity index (χ0v) is 17.6. The largest absolute Gasteiger partial charge is 0.493 e. The summed E-state index contributed by atoms with van der Waals surface area (Å²) in [4.78, 5) is 24.6. The van der Waals surface area contributed by atoms with Crippen molar-refractivity contribution in [3.8, 4) is 11.5 Å². The molecule has 0 saturated heterocycles. The van der Waals surface area contributed by atoms with Gasteiger partial charge in [0.2, 0.25) is 0 Å². The molecule has 0 aromatic heterocycles. The van der Waals surface area contributed by atoms with E-state index in [4.69, 9.17) is 14.2 Å². The molecular weight excluding hydrogens is 358 g/mol. The summed E-state index contributed by atoms with van der Waals surface area (Å²) in [6.07, 6.45) is 3.22. The van der Waals surface area contributed by atoms with Gasteiger partial charge in [-0.2, -0.15) is 0 Å². The van der Waals surface area contributed by atoms with Crippen LogP contribution in [0.15, 0.2) is 18.2 Å². The van der Waals surface area contributed by atoms with Crippen molar-refractivity contribution >= 4 is 11.9 Å². The summed E-state index contributed by atoms with van der Waals surface area (Å²) < 4.78 is 15.8. The van der Waals surface area contributed by atoms with Gasteiger partial charge >= 0.3 is 5.97 Å². The quantitative estimate of drug-likeness (QED) is 0.687. The Bertz CT molecular complexity index is 675. The molecule has 1 saturated carbocycles. The minimum Gasteiger partial charge on any atom is -0.493 e. The molecule has 4 atom stereocenters. The Morgan fingerprint density at radius 2 is 1.86 bits per heavy atom. The Kier molecular flexibility index (Phi) is 8.15. The second-order valence-electron chi connectivity index (χ2n) is 7.70. The second-order valence-corrected chi connectivity index (χ2v) is 7.70. The Morgan fingerprint density at radius 1 is 1.14 bits per heavy atom. The van der Waals surface area contributed by atoms with Crippen LogP contribution in [0, 0.1) is 11.8 Å². The number of aryl methyl sites for hydroxylation is 1. The first kappa shape index (κ1) is 22.1. The fourth-order valence-corrected chi connectivity index (χ4v) is 3.68. The monoisotopic (exact) mass is 391 g/mol. The van der Waals surface area contributed by atoms with E-state index in [0.717, 1.165) is 18.4 Å². The van der Waals surface area contributed by atoms with Crippen LogP contribution >= 0.6 is 0 Å². The van der Waals surface area contributed by atoms with Crippen LogP contribution in [-0.4, -0.2) is 38.2 Å². The Morgan fingerprint density at radius 3 is 2.54 bits per heavy atom. The van der Waals surface area contributed by atoms with Gasteiger partial charge in [0.25, 0.3) is 5.91 Å². The summed E-state index contributed by atoms with van der Waals surface area (Å²) in [6.45, 7) is 6.02. The molecule has 1 aliphatic rings. The van der Waals surface area contributed by atoms with E-state index in [-0.39, 0.29) is 24.3 Å². The molecule has 2 rings (SSSR count). The molecule has 1 fully saturated rings. The summed E-state index contributed by atoms with van der Waals surface area (Å²) in [6, 6.07) is 5.69. The SMILES string of the molecule is COc1ccc(CCC(=O)OC(C)C(=O)NC2CCCC(C)C2C)cc1OC. The molecule has 1 aromatic carbocycles. The molecule has 1 amide bonds. The smallest absolute Gasteiger partial charge is 0.306 e. The van der Waals surface area contributed by atoms with Gasteiger partial charge in [0.1, 0.15) is 0 Å². The van der Waals surface area contributed by atoms with Crippen LogP contribution in [0.3, 0.4) is 0 Å². The molecule has 0 radical (unpaired) electrons. The van der Waals surface area contributed by atoms with Crippen molar-refractivity contribution in [1.82, 2.24) is 5.32 Å². The molecule has 0 spiro atoms. The molecular formula is C22H33NO5. The van der Waals surface area contributed by atoms with E-state index in [2.05, 4.69) is 19.2 Å². The van der Waals surface area contributed by atoms with Crippen LogP contribution < -0.4 is 14.8 Å². The summed E-state index contributed by atoms with van der Waals surface area (Å²) >= 11 is 0. The maximum atomic E-state index is 12.4. The number of esters is 1. The van der Waals surface area contributed by atoms with Crippen molar-refractivity contribution in [2.24, 2.45) is 11.8 Å². The number of amides is 1. The highest BCUT2D eigenvalue weighted by molar-refractivity contribution is 5.83. The van der Waals surface area contributed by atoms with Crippen molar-refractivity contribution in [2.45, 2.75) is 65.0 Å². The topological polar surface area (TPSA) is 73.9 Å². The Balaban J connectivity index is 1.81. The molecule has 6 heteroatoms. The van der Waals surface area contributed by atoms with Gasteiger partial charge in [-0.3, -0.25) is 9.59 Å². The molecule has 0 aliphatic heterocycles. The van der Waals surface area contributed by atoms with Crippen molar-refractivity contribution in [2.75, 3.05) is 14.2 Å². The summed E-state index contributed by atoms with van der Waals surface area (Å²) in [5, 5.41) is 3.06. The van der Waals surface area contributed by atoms with Gasteiger partial charge in [-0.1, -0.05) is 32.8 Å².